The Morgan fingerprint density at radius 2 is 2.06 bits per heavy atom. The molecule has 0 heterocycles. The number of aliphatic imine (C=N–C) groups is 1. The van der Waals surface area contributed by atoms with E-state index in [-0.39, 0.29) is 0 Å². The van der Waals surface area contributed by atoms with Crippen LogP contribution in [-0.2, 0) is 4.43 Å². The second-order valence-corrected chi connectivity index (χ2v) is 10.5. The number of halogens is 1. The van der Waals surface area contributed by atoms with Gasteiger partial charge in [0, 0.05) is 9.78 Å². The molecule has 0 radical (unpaired) electrons. The van der Waals surface area contributed by atoms with Gasteiger partial charge in [0.15, 0.2) is 5.88 Å². The topological polar surface area (TPSA) is 21.6 Å². The Hall–Kier alpha value is -0.623. The van der Waals surface area contributed by atoms with Gasteiger partial charge >= 0.3 is 0 Å². The van der Waals surface area contributed by atoms with E-state index in [2.05, 4.69) is 78.9 Å². The molecule has 1 aromatic rings. The maximum Gasteiger partial charge on any atom is 0.244 e. The van der Waals surface area contributed by atoms with Crippen molar-refractivity contribution in [1.82, 2.24) is 0 Å². The fraction of sp³-hybridized carbons (Fsp3) is 0.308. The van der Waals surface area contributed by atoms with Gasteiger partial charge in [0.05, 0.1) is 0 Å². The Balaban J connectivity index is 2.77. The van der Waals surface area contributed by atoms with Crippen molar-refractivity contribution in [3.8, 4) is 0 Å². The lowest BCUT2D eigenvalue weighted by Crippen LogP contribution is -2.24. The van der Waals surface area contributed by atoms with Crippen molar-refractivity contribution in [3.63, 3.8) is 0 Å². The lowest BCUT2D eigenvalue weighted by atomic mass is 10.1. The molecular weight excluding hydrogens is 341 g/mol. The van der Waals surface area contributed by atoms with Crippen molar-refractivity contribution in [2.24, 2.45) is 4.99 Å². The zero-order valence-electron chi connectivity index (χ0n) is 10.7. The van der Waals surface area contributed by atoms with E-state index in [0.29, 0.717) is 5.88 Å². The molecule has 4 heteroatoms. The summed E-state index contributed by atoms with van der Waals surface area (Å²) in [4.78, 5) is 4.27. The Morgan fingerprint density at radius 3 is 2.65 bits per heavy atom. The van der Waals surface area contributed by atoms with Crippen molar-refractivity contribution >= 4 is 37.1 Å². The first-order valence-electron chi connectivity index (χ1n) is 5.46. The van der Waals surface area contributed by atoms with E-state index in [9.17, 15) is 0 Å². The first-order chi connectivity index (χ1) is 7.78. The van der Waals surface area contributed by atoms with Crippen LogP contribution in [0.2, 0.25) is 19.6 Å². The molecule has 0 bridgehead atoms. The molecule has 0 unspecified atom stereocenters. The van der Waals surface area contributed by atoms with Gasteiger partial charge in [0.1, 0.15) is 0 Å². The smallest absolute Gasteiger partial charge is 0.244 e. The quantitative estimate of drug-likeness (QED) is 0.339. The van der Waals surface area contributed by atoms with Crippen LogP contribution >= 0.6 is 22.6 Å². The van der Waals surface area contributed by atoms with Crippen molar-refractivity contribution in [3.05, 3.63) is 45.4 Å². The molecule has 0 fully saturated rings. The number of hydrogen-bond donors (Lipinski definition) is 0. The third kappa shape index (κ3) is 5.50. The van der Waals surface area contributed by atoms with Crippen molar-refractivity contribution in [2.45, 2.75) is 26.6 Å². The standard InChI is InChI=1S/C13H18INOSi/c1-10-6-7-13(14)8-12(10)9-15-11(2)16-17(3,4)5/h6-9H,2H2,1,3-5H3. The van der Waals surface area contributed by atoms with Gasteiger partial charge in [-0.1, -0.05) is 6.07 Å². The van der Waals surface area contributed by atoms with Gasteiger partial charge in [-0.15, -0.1) is 0 Å². The highest BCUT2D eigenvalue weighted by Gasteiger charge is 2.16. The molecule has 0 saturated heterocycles. The zero-order chi connectivity index (χ0) is 13.1. The molecule has 1 aromatic carbocycles. The van der Waals surface area contributed by atoms with Crippen LogP contribution in [-0.4, -0.2) is 14.5 Å². The van der Waals surface area contributed by atoms with Gasteiger partial charge in [-0.2, -0.15) is 0 Å². The molecule has 0 saturated carbocycles. The summed E-state index contributed by atoms with van der Waals surface area (Å²) >= 11 is 2.29. The van der Waals surface area contributed by atoms with Crippen molar-refractivity contribution in [2.75, 3.05) is 0 Å². The van der Waals surface area contributed by atoms with E-state index in [1.165, 1.54) is 9.13 Å². The highest BCUT2D eigenvalue weighted by molar-refractivity contribution is 14.1. The SMILES string of the molecule is C=C(N=Cc1cc(I)ccc1C)O[Si](C)(C)C. The van der Waals surface area contributed by atoms with Crippen LogP contribution in [0.1, 0.15) is 11.1 Å². The molecule has 0 amide bonds. The molecule has 92 valence electrons. The summed E-state index contributed by atoms with van der Waals surface area (Å²) in [5.41, 5.74) is 2.31. The summed E-state index contributed by atoms with van der Waals surface area (Å²) in [5, 5.41) is 0. The van der Waals surface area contributed by atoms with Gasteiger partial charge in [-0.05, 0) is 79.0 Å². The van der Waals surface area contributed by atoms with Crippen LogP contribution in [0, 0.1) is 10.5 Å². The highest BCUT2D eigenvalue weighted by Crippen LogP contribution is 2.13. The largest absolute Gasteiger partial charge is 0.532 e. The highest BCUT2D eigenvalue weighted by atomic mass is 127. The van der Waals surface area contributed by atoms with Crippen molar-refractivity contribution < 1.29 is 4.43 Å². The molecule has 0 aliphatic carbocycles. The fourth-order valence-corrected chi connectivity index (χ4v) is 2.55. The first-order valence-corrected chi connectivity index (χ1v) is 9.95. The van der Waals surface area contributed by atoms with Crippen LogP contribution < -0.4 is 0 Å². The third-order valence-corrected chi connectivity index (χ3v) is 3.53. The lowest BCUT2D eigenvalue weighted by molar-refractivity contribution is 0.421. The summed E-state index contributed by atoms with van der Waals surface area (Å²) < 4.78 is 6.87. The van der Waals surface area contributed by atoms with Gasteiger partial charge in [-0.25, -0.2) is 4.99 Å². The fourth-order valence-electron chi connectivity index (χ4n) is 1.27. The van der Waals surface area contributed by atoms with Gasteiger partial charge in [-0.3, -0.25) is 0 Å². The van der Waals surface area contributed by atoms with Crippen LogP contribution in [0.3, 0.4) is 0 Å². The summed E-state index contributed by atoms with van der Waals surface area (Å²) in [6, 6.07) is 6.27. The number of nitrogens with zero attached hydrogens (tertiary/aromatic N) is 1. The van der Waals surface area contributed by atoms with E-state index in [4.69, 9.17) is 4.43 Å². The monoisotopic (exact) mass is 359 g/mol. The lowest BCUT2D eigenvalue weighted by Gasteiger charge is -2.18. The minimum absolute atomic E-state index is 0.502. The number of benzene rings is 1. The Kier molecular flexibility index (Phi) is 4.94. The minimum Gasteiger partial charge on any atom is -0.532 e. The average Bonchev–Trinajstić information content (AvgIpc) is 2.17. The van der Waals surface area contributed by atoms with E-state index < -0.39 is 8.32 Å². The predicted octanol–water partition coefficient (Wildman–Crippen LogP) is 4.34. The maximum atomic E-state index is 5.67. The first kappa shape index (κ1) is 14.4. The van der Waals surface area contributed by atoms with Crippen LogP contribution in [0.15, 0.2) is 35.7 Å². The Morgan fingerprint density at radius 1 is 1.41 bits per heavy atom. The Bertz CT molecular complexity index is 449. The van der Waals surface area contributed by atoms with Crippen LogP contribution in [0.4, 0.5) is 0 Å². The van der Waals surface area contributed by atoms with Gasteiger partial charge in [0.2, 0.25) is 8.32 Å². The molecule has 0 aliphatic rings. The molecule has 0 spiro atoms. The van der Waals surface area contributed by atoms with E-state index in [1.807, 2.05) is 6.21 Å². The van der Waals surface area contributed by atoms with Gasteiger partial charge in [0.25, 0.3) is 0 Å². The second-order valence-electron chi connectivity index (χ2n) is 4.87. The summed E-state index contributed by atoms with van der Waals surface area (Å²) in [5.74, 6) is 0.502. The third-order valence-electron chi connectivity index (χ3n) is 2.01. The molecule has 1 rings (SSSR count). The molecule has 2 nitrogen and oxygen atoms in total. The predicted molar refractivity (Wildman–Crippen MR) is 85.1 cm³/mol. The van der Waals surface area contributed by atoms with Crippen molar-refractivity contribution in [1.29, 1.82) is 0 Å². The summed E-state index contributed by atoms with van der Waals surface area (Å²) in [7, 11) is -1.60. The number of aryl methyl sites for hydroxylation is 1. The summed E-state index contributed by atoms with van der Waals surface area (Å²) in [6.07, 6.45) is 1.82. The Labute approximate surface area is 118 Å². The number of hydrogen-bond acceptors (Lipinski definition) is 2. The second kappa shape index (κ2) is 5.82. The van der Waals surface area contributed by atoms with Gasteiger partial charge < -0.3 is 4.43 Å². The zero-order valence-corrected chi connectivity index (χ0v) is 13.9. The normalized spacial score (nSPS) is 11.8. The maximum absolute atomic E-state index is 5.67. The molecule has 17 heavy (non-hydrogen) atoms. The van der Waals surface area contributed by atoms with E-state index in [0.717, 1.165) is 5.56 Å². The molecule has 0 aliphatic heterocycles. The van der Waals surface area contributed by atoms with E-state index in [1.54, 1.807) is 0 Å². The minimum atomic E-state index is -1.60. The molecule has 0 aromatic heterocycles. The molecule has 0 N–H and O–H groups in total. The van der Waals surface area contributed by atoms with Crippen LogP contribution in [0.25, 0.3) is 0 Å². The molecular formula is C13H18INOSi. The van der Waals surface area contributed by atoms with Crippen LogP contribution in [0.5, 0.6) is 0 Å². The summed E-state index contributed by atoms with van der Waals surface area (Å²) in [6.45, 7) is 12.2. The van der Waals surface area contributed by atoms with E-state index >= 15 is 0 Å². The number of rotatable bonds is 4. The average molecular weight is 359 g/mol. The molecule has 0 atom stereocenters.